The molecular formula is C20H25F3N4O. The van der Waals surface area contributed by atoms with Gasteiger partial charge < -0.3 is 15.4 Å². The summed E-state index contributed by atoms with van der Waals surface area (Å²) in [6, 6.07) is 1.72. The number of allylic oxidation sites excluding steroid dienone is 4. The molecule has 1 aromatic rings. The van der Waals surface area contributed by atoms with E-state index in [2.05, 4.69) is 9.97 Å². The number of ether oxygens (including phenoxy) is 1. The van der Waals surface area contributed by atoms with Crippen molar-refractivity contribution in [1.82, 2.24) is 9.97 Å². The van der Waals surface area contributed by atoms with Crippen molar-refractivity contribution in [2.45, 2.75) is 51.1 Å². The van der Waals surface area contributed by atoms with Crippen LogP contribution in [0.2, 0.25) is 0 Å². The zero-order valence-electron chi connectivity index (χ0n) is 16.1. The van der Waals surface area contributed by atoms with Crippen molar-refractivity contribution in [3.63, 3.8) is 0 Å². The van der Waals surface area contributed by atoms with E-state index in [-0.39, 0.29) is 36.9 Å². The quantitative estimate of drug-likeness (QED) is 0.825. The van der Waals surface area contributed by atoms with Gasteiger partial charge in [0.2, 0.25) is 0 Å². The summed E-state index contributed by atoms with van der Waals surface area (Å²) in [4.78, 5) is 9.99. The number of aromatic nitrogens is 2. The molecule has 2 atom stereocenters. The summed E-state index contributed by atoms with van der Waals surface area (Å²) in [6.45, 7) is 3.79. The van der Waals surface area contributed by atoms with Gasteiger partial charge in [-0.05, 0) is 32.3 Å². The first kappa shape index (κ1) is 19.1. The molecule has 2 unspecified atom stereocenters. The van der Waals surface area contributed by atoms with Gasteiger partial charge in [-0.3, -0.25) is 0 Å². The Labute approximate surface area is 162 Å². The summed E-state index contributed by atoms with van der Waals surface area (Å²) in [6.07, 6.45) is 4.82. The van der Waals surface area contributed by atoms with Crippen molar-refractivity contribution in [3.8, 4) is 0 Å². The minimum atomic E-state index is -2.69. The molecule has 1 saturated heterocycles. The Morgan fingerprint density at radius 3 is 2.68 bits per heavy atom. The standard InChI is InChI=1S/C20H25F3N4O/c1-12-14(16(24)9-15(21)18(12)28-19(2)3-4-19)7-13-8-17(26-11-25-13)27-6-5-20(22,23)10-27/h8-9,11-12,14H,3-7,10,24H2,1-2H3. The van der Waals surface area contributed by atoms with Crippen LogP contribution in [-0.2, 0) is 11.2 Å². The van der Waals surface area contributed by atoms with Gasteiger partial charge in [0.25, 0.3) is 5.92 Å². The second-order valence-corrected chi connectivity index (χ2v) is 8.40. The average molecular weight is 394 g/mol. The third-order valence-electron chi connectivity index (χ3n) is 5.92. The van der Waals surface area contributed by atoms with E-state index in [0.29, 0.717) is 29.4 Å². The lowest BCUT2D eigenvalue weighted by Crippen LogP contribution is -2.30. The van der Waals surface area contributed by atoms with E-state index in [0.717, 1.165) is 12.8 Å². The fourth-order valence-electron chi connectivity index (χ4n) is 3.82. The summed E-state index contributed by atoms with van der Waals surface area (Å²) in [5.74, 6) is -2.71. The largest absolute Gasteiger partial charge is 0.489 e. The van der Waals surface area contributed by atoms with E-state index < -0.39 is 11.7 Å². The molecule has 2 heterocycles. The molecule has 152 valence electrons. The van der Waals surface area contributed by atoms with Crippen molar-refractivity contribution < 1.29 is 17.9 Å². The van der Waals surface area contributed by atoms with Crippen molar-refractivity contribution in [2.75, 3.05) is 18.0 Å². The lowest BCUT2D eigenvalue weighted by molar-refractivity contribution is 0.0256. The molecule has 2 fully saturated rings. The number of anilines is 1. The van der Waals surface area contributed by atoms with Crippen LogP contribution in [0.5, 0.6) is 0 Å². The number of rotatable bonds is 5. The van der Waals surface area contributed by atoms with Crippen LogP contribution >= 0.6 is 0 Å². The van der Waals surface area contributed by atoms with Gasteiger partial charge >= 0.3 is 0 Å². The van der Waals surface area contributed by atoms with Gasteiger partial charge in [0.05, 0.1) is 6.54 Å². The molecule has 4 rings (SSSR count). The van der Waals surface area contributed by atoms with E-state index in [9.17, 15) is 13.2 Å². The summed E-state index contributed by atoms with van der Waals surface area (Å²) >= 11 is 0. The Morgan fingerprint density at radius 1 is 1.29 bits per heavy atom. The molecule has 1 saturated carbocycles. The van der Waals surface area contributed by atoms with Gasteiger partial charge in [-0.15, -0.1) is 0 Å². The first-order valence-electron chi connectivity index (χ1n) is 9.65. The van der Waals surface area contributed by atoms with Gasteiger partial charge in [0.1, 0.15) is 23.5 Å². The maximum atomic E-state index is 14.5. The Hall–Kier alpha value is -2.25. The molecule has 0 amide bonds. The predicted molar refractivity (Wildman–Crippen MR) is 99.3 cm³/mol. The number of hydrogen-bond donors (Lipinski definition) is 1. The summed E-state index contributed by atoms with van der Waals surface area (Å²) in [5, 5.41) is 0. The molecule has 2 aliphatic carbocycles. The monoisotopic (exact) mass is 394 g/mol. The van der Waals surface area contributed by atoms with Gasteiger partial charge in [-0.25, -0.2) is 23.1 Å². The first-order chi connectivity index (χ1) is 13.2. The average Bonchev–Trinajstić information content (AvgIpc) is 3.25. The van der Waals surface area contributed by atoms with E-state index in [4.69, 9.17) is 10.5 Å². The minimum absolute atomic E-state index is 0.175. The predicted octanol–water partition coefficient (Wildman–Crippen LogP) is 3.72. The molecule has 0 bridgehead atoms. The van der Waals surface area contributed by atoms with E-state index in [1.54, 1.807) is 11.0 Å². The second kappa shape index (κ2) is 6.67. The normalized spacial score (nSPS) is 28.3. The second-order valence-electron chi connectivity index (χ2n) is 8.40. The Kier molecular flexibility index (Phi) is 4.55. The zero-order valence-corrected chi connectivity index (χ0v) is 16.1. The molecule has 0 aromatic carbocycles. The highest BCUT2D eigenvalue weighted by atomic mass is 19.3. The lowest BCUT2D eigenvalue weighted by atomic mass is 9.82. The van der Waals surface area contributed by atoms with E-state index >= 15 is 0 Å². The smallest absolute Gasteiger partial charge is 0.266 e. The van der Waals surface area contributed by atoms with Gasteiger partial charge in [0.15, 0.2) is 5.83 Å². The maximum Gasteiger partial charge on any atom is 0.266 e. The highest BCUT2D eigenvalue weighted by molar-refractivity contribution is 5.41. The first-order valence-corrected chi connectivity index (χ1v) is 9.65. The van der Waals surface area contributed by atoms with Gasteiger partial charge in [-0.2, -0.15) is 0 Å². The van der Waals surface area contributed by atoms with Gasteiger partial charge in [-0.1, -0.05) is 6.92 Å². The highest BCUT2D eigenvalue weighted by Gasteiger charge is 2.44. The van der Waals surface area contributed by atoms with Crippen LogP contribution in [-0.4, -0.2) is 34.6 Å². The number of halogens is 3. The SMILES string of the molecule is CC1C(OC2(C)CC2)=C(F)C=C(N)C1Cc1cc(N2CCC(F)(F)C2)ncn1. The topological polar surface area (TPSA) is 64.3 Å². The molecule has 8 heteroatoms. The Morgan fingerprint density at radius 2 is 2.04 bits per heavy atom. The highest BCUT2D eigenvalue weighted by Crippen LogP contribution is 2.45. The van der Waals surface area contributed by atoms with Crippen molar-refractivity contribution >= 4 is 5.82 Å². The fraction of sp³-hybridized carbons (Fsp3) is 0.600. The molecule has 1 aromatic heterocycles. The molecule has 0 spiro atoms. The number of alkyl halides is 2. The Balaban J connectivity index is 1.51. The Bertz CT molecular complexity index is 834. The summed E-state index contributed by atoms with van der Waals surface area (Å²) in [7, 11) is 0. The number of nitrogens with two attached hydrogens (primary N) is 1. The van der Waals surface area contributed by atoms with Crippen LogP contribution in [0, 0.1) is 11.8 Å². The molecule has 3 aliphatic rings. The minimum Gasteiger partial charge on any atom is -0.489 e. The number of nitrogens with zero attached hydrogens (tertiary/aromatic N) is 3. The third kappa shape index (κ3) is 3.82. The van der Waals surface area contributed by atoms with Crippen LogP contribution < -0.4 is 10.6 Å². The lowest BCUT2D eigenvalue weighted by Gasteiger charge is -2.31. The van der Waals surface area contributed by atoms with Crippen LogP contribution in [0.15, 0.2) is 35.8 Å². The van der Waals surface area contributed by atoms with Crippen molar-refractivity contribution in [3.05, 3.63) is 41.4 Å². The molecular weight excluding hydrogens is 369 g/mol. The molecule has 1 aliphatic heterocycles. The molecule has 0 radical (unpaired) electrons. The molecule has 28 heavy (non-hydrogen) atoms. The van der Waals surface area contributed by atoms with Gasteiger partial charge in [0, 0.05) is 42.3 Å². The van der Waals surface area contributed by atoms with Crippen molar-refractivity contribution in [1.29, 1.82) is 0 Å². The zero-order chi connectivity index (χ0) is 20.1. The van der Waals surface area contributed by atoms with Crippen LogP contribution in [0.25, 0.3) is 0 Å². The fourth-order valence-corrected chi connectivity index (χ4v) is 3.82. The van der Waals surface area contributed by atoms with Crippen LogP contribution in [0.3, 0.4) is 0 Å². The van der Waals surface area contributed by atoms with E-state index in [1.165, 1.54) is 12.4 Å². The van der Waals surface area contributed by atoms with E-state index in [1.807, 2.05) is 13.8 Å². The maximum absolute atomic E-state index is 14.5. The molecule has 5 nitrogen and oxygen atoms in total. The summed E-state index contributed by atoms with van der Waals surface area (Å²) < 4.78 is 47.4. The van der Waals surface area contributed by atoms with Crippen molar-refractivity contribution in [2.24, 2.45) is 17.6 Å². The third-order valence-corrected chi connectivity index (χ3v) is 5.92. The van der Waals surface area contributed by atoms with Crippen LogP contribution in [0.4, 0.5) is 19.0 Å². The summed E-state index contributed by atoms with van der Waals surface area (Å²) in [5.41, 5.74) is 6.96. The molecule has 2 N–H and O–H groups in total. The number of hydrogen-bond acceptors (Lipinski definition) is 5. The van der Waals surface area contributed by atoms with Crippen LogP contribution in [0.1, 0.15) is 38.8 Å².